The minimum atomic E-state index is -0.223. The van der Waals surface area contributed by atoms with Crippen molar-refractivity contribution >= 4 is 11.6 Å². The van der Waals surface area contributed by atoms with Gasteiger partial charge in [-0.1, -0.05) is 11.6 Å². The molecule has 1 spiro atoms. The van der Waals surface area contributed by atoms with E-state index in [4.69, 9.17) is 0 Å². The number of hydrogen-bond donors (Lipinski definition) is 0. The maximum Gasteiger partial charge on any atom is 0.146 e. The number of ketones is 2. The monoisotopic (exact) mass is 218 g/mol. The molecule has 0 unspecified atom stereocenters. The summed E-state index contributed by atoms with van der Waals surface area (Å²) >= 11 is 0. The van der Waals surface area contributed by atoms with Crippen LogP contribution in [0.1, 0.15) is 39.5 Å². The third-order valence-corrected chi connectivity index (χ3v) is 5.16. The van der Waals surface area contributed by atoms with E-state index in [2.05, 4.69) is 13.0 Å². The first-order chi connectivity index (χ1) is 7.55. The van der Waals surface area contributed by atoms with Crippen LogP contribution in [0.5, 0.6) is 0 Å². The fourth-order valence-electron chi connectivity index (χ4n) is 4.29. The Morgan fingerprint density at radius 2 is 2.19 bits per heavy atom. The van der Waals surface area contributed by atoms with Crippen molar-refractivity contribution < 1.29 is 9.59 Å². The van der Waals surface area contributed by atoms with E-state index in [9.17, 15) is 9.59 Å². The van der Waals surface area contributed by atoms with Crippen LogP contribution >= 0.6 is 0 Å². The number of fused-ring (bicyclic) bond motifs is 3. The van der Waals surface area contributed by atoms with Gasteiger partial charge in [0.1, 0.15) is 11.6 Å². The average molecular weight is 218 g/mol. The van der Waals surface area contributed by atoms with E-state index in [1.807, 2.05) is 0 Å². The van der Waals surface area contributed by atoms with Gasteiger partial charge in [-0.2, -0.15) is 0 Å². The molecule has 86 valence electrons. The molecule has 2 saturated carbocycles. The summed E-state index contributed by atoms with van der Waals surface area (Å²) in [4.78, 5) is 23.9. The third kappa shape index (κ3) is 1.03. The summed E-state index contributed by atoms with van der Waals surface area (Å²) in [5.41, 5.74) is 0.962. The first-order valence-electron chi connectivity index (χ1n) is 6.29. The van der Waals surface area contributed by atoms with Crippen molar-refractivity contribution in [3.05, 3.63) is 11.6 Å². The molecule has 0 amide bonds. The van der Waals surface area contributed by atoms with Gasteiger partial charge in [-0.25, -0.2) is 0 Å². The Balaban J connectivity index is 1.99. The van der Waals surface area contributed by atoms with Crippen molar-refractivity contribution in [1.82, 2.24) is 0 Å². The molecule has 0 aromatic rings. The molecule has 0 N–H and O–H groups in total. The van der Waals surface area contributed by atoms with Gasteiger partial charge in [-0.3, -0.25) is 9.59 Å². The lowest BCUT2D eigenvalue weighted by Crippen LogP contribution is -2.37. The Morgan fingerprint density at radius 3 is 2.69 bits per heavy atom. The van der Waals surface area contributed by atoms with Gasteiger partial charge in [-0.15, -0.1) is 0 Å². The van der Waals surface area contributed by atoms with E-state index in [1.165, 1.54) is 12.0 Å². The second kappa shape index (κ2) is 3.06. The first kappa shape index (κ1) is 10.2. The van der Waals surface area contributed by atoms with Crippen LogP contribution in [0.2, 0.25) is 0 Å². The van der Waals surface area contributed by atoms with Crippen LogP contribution in [-0.4, -0.2) is 11.6 Å². The number of carbonyl (C=O) groups excluding carboxylic acids is 2. The summed E-state index contributed by atoms with van der Waals surface area (Å²) in [6, 6.07) is 0. The van der Waals surface area contributed by atoms with E-state index in [0.717, 1.165) is 19.3 Å². The zero-order valence-electron chi connectivity index (χ0n) is 9.95. The van der Waals surface area contributed by atoms with E-state index in [0.29, 0.717) is 17.6 Å². The molecular formula is C14H18O2. The van der Waals surface area contributed by atoms with Crippen molar-refractivity contribution in [2.45, 2.75) is 39.5 Å². The van der Waals surface area contributed by atoms with Gasteiger partial charge in [0, 0.05) is 11.8 Å². The SMILES string of the molecule is CC(=O)[C@@H]1C=C(C)[C@]2(C1)C(=O)[C@H]1CC[C@@H]2C1. The van der Waals surface area contributed by atoms with Gasteiger partial charge < -0.3 is 0 Å². The molecule has 3 aliphatic rings. The fourth-order valence-corrected chi connectivity index (χ4v) is 4.29. The van der Waals surface area contributed by atoms with Gasteiger partial charge in [0.2, 0.25) is 0 Å². The first-order valence-corrected chi connectivity index (χ1v) is 6.29. The summed E-state index contributed by atoms with van der Waals surface area (Å²) in [5.74, 6) is 1.50. The minimum absolute atomic E-state index is 0.00306. The predicted octanol–water partition coefficient (Wildman–Crippen LogP) is 2.53. The van der Waals surface area contributed by atoms with Crippen molar-refractivity contribution in [2.75, 3.05) is 0 Å². The summed E-state index contributed by atoms with van der Waals surface area (Å²) < 4.78 is 0. The number of hydrogen-bond acceptors (Lipinski definition) is 2. The van der Waals surface area contributed by atoms with Crippen LogP contribution in [0.3, 0.4) is 0 Å². The van der Waals surface area contributed by atoms with Gasteiger partial charge >= 0.3 is 0 Å². The van der Waals surface area contributed by atoms with Crippen molar-refractivity contribution in [2.24, 2.45) is 23.2 Å². The van der Waals surface area contributed by atoms with E-state index in [-0.39, 0.29) is 17.1 Å². The van der Waals surface area contributed by atoms with Crippen LogP contribution in [0.4, 0.5) is 0 Å². The standard InChI is InChI=1S/C14H18O2/c1-8-5-11(9(2)15)7-14(8)12-4-3-10(6-12)13(14)16/h5,10-12H,3-4,6-7H2,1-2H3/t10-,11+,12+,14-/m0/s1. The number of Topliss-reactive ketones (excluding diaryl/α,β-unsaturated/α-hetero) is 2. The van der Waals surface area contributed by atoms with Crippen molar-refractivity contribution in [3.8, 4) is 0 Å². The molecule has 0 saturated heterocycles. The highest BCUT2D eigenvalue weighted by Crippen LogP contribution is 2.61. The Hall–Kier alpha value is -0.920. The minimum Gasteiger partial charge on any atom is -0.299 e. The molecule has 0 aromatic heterocycles. The maximum atomic E-state index is 12.4. The fraction of sp³-hybridized carbons (Fsp3) is 0.714. The highest BCUT2D eigenvalue weighted by Gasteiger charge is 2.60. The number of rotatable bonds is 1. The van der Waals surface area contributed by atoms with E-state index < -0.39 is 0 Å². The van der Waals surface area contributed by atoms with Gasteiger partial charge in [0.05, 0.1) is 5.41 Å². The molecule has 2 nitrogen and oxygen atoms in total. The molecule has 2 heteroatoms. The third-order valence-electron chi connectivity index (χ3n) is 5.16. The highest BCUT2D eigenvalue weighted by molar-refractivity contribution is 5.95. The smallest absolute Gasteiger partial charge is 0.146 e. The van der Waals surface area contributed by atoms with E-state index in [1.54, 1.807) is 6.92 Å². The van der Waals surface area contributed by atoms with Gasteiger partial charge in [0.15, 0.2) is 0 Å². The van der Waals surface area contributed by atoms with Crippen LogP contribution < -0.4 is 0 Å². The van der Waals surface area contributed by atoms with Crippen LogP contribution in [-0.2, 0) is 9.59 Å². The number of carbonyl (C=O) groups is 2. The van der Waals surface area contributed by atoms with Crippen LogP contribution in [0.15, 0.2) is 11.6 Å². The summed E-state index contributed by atoms with van der Waals surface area (Å²) in [6.45, 7) is 3.70. The molecule has 0 heterocycles. The Morgan fingerprint density at radius 1 is 1.44 bits per heavy atom. The lowest BCUT2D eigenvalue weighted by molar-refractivity contribution is -0.130. The molecule has 4 atom stereocenters. The quantitative estimate of drug-likeness (QED) is 0.634. The Kier molecular flexibility index (Phi) is 1.96. The van der Waals surface area contributed by atoms with E-state index >= 15 is 0 Å². The molecule has 0 aromatic carbocycles. The zero-order valence-corrected chi connectivity index (χ0v) is 9.95. The second-order valence-corrected chi connectivity index (χ2v) is 5.81. The predicted molar refractivity (Wildman–Crippen MR) is 60.8 cm³/mol. The molecule has 3 aliphatic carbocycles. The largest absolute Gasteiger partial charge is 0.299 e. The molecule has 3 rings (SSSR count). The molecule has 2 bridgehead atoms. The summed E-state index contributed by atoms with van der Waals surface area (Å²) in [6.07, 6.45) is 6.18. The average Bonchev–Trinajstić information content (AvgIpc) is 2.86. The zero-order chi connectivity index (χ0) is 11.5. The Bertz CT molecular complexity index is 407. The molecule has 16 heavy (non-hydrogen) atoms. The molecule has 2 fully saturated rings. The summed E-state index contributed by atoms with van der Waals surface area (Å²) in [7, 11) is 0. The van der Waals surface area contributed by atoms with Gasteiger partial charge in [-0.05, 0) is 45.4 Å². The lowest BCUT2D eigenvalue weighted by Gasteiger charge is -2.34. The lowest BCUT2D eigenvalue weighted by atomic mass is 9.67. The molecule has 0 aliphatic heterocycles. The van der Waals surface area contributed by atoms with Crippen LogP contribution in [0.25, 0.3) is 0 Å². The molecular weight excluding hydrogens is 200 g/mol. The topological polar surface area (TPSA) is 34.1 Å². The molecule has 0 radical (unpaired) electrons. The number of allylic oxidation sites excluding steroid dienone is 2. The van der Waals surface area contributed by atoms with Crippen molar-refractivity contribution in [3.63, 3.8) is 0 Å². The van der Waals surface area contributed by atoms with Crippen molar-refractivity contribution in [1.29, 1.82) is 0 Å². The Labute approximate surface area is 96.1 Å². The summed E-state index contributed by atoms with van der Waals surface area (Å²) in [5, 5.41) is 0. The second-order valence-electron chi connectivity index (χ2n) is 5.81. The highest BCUT2D eigenvalue weighted by atomic mass is 16.1. The van der Waals surface area contributed by atoms with Crippen LogP contribution in [0, 0.1) is 23.2 Å². The maximum absolute atomic E-state index is 12.4. The van der Waals surface area contributed by atoms with Gasteiger partial charge in [0.25, 0.3) is 0 Å². The normalized spacial score (nSPS) is 45.5.